The third kappa shape index (κ3) is 3.94. The fourth-order valence-corrected chi connectivity index (χ4v) is 2.77. The minimum absolute atomic E-state index is 0.0525. The zero-order valence-electron chi connectivity index (χ0n) is 10.7. The van der Waals surface area contributed by atoms with E-state index in [0.717, 1.165) is 22.6 Å². The Kier molecular flexibility index (Phi) is 5.82. The van der Waals surface area contributed by atoms with Crippen LogP contribution in [0.3, 0.4) is 0 Å². The van der Waals surface area contributed by atoms with E-state index in [1.807, 2.05) is 30.3 Å². The van der Waals surface area contributed by atoms with Crippen LogP contribution in [-0.2, 0) is 6.42 Å². The van der Waals surface area contributed by atoms with E-state index >= 15 is 0 Å². The maximum Gasteiger partial charge on any atom is 0.194 e. The molecule has 0 spiro atoms. The van der Waals surface area contributed by atoms with E-state index in [1.165, 1.54) is 5.56 Å². The lowest BCUT2D eigenvalue weighted by Crippen LogP contribution is -2.02. The SMILES string of the molecule is O=C(c1ccc(CCCBr)cc1)c1cc(Br)ccc1Cl. The lowest BCUT2D eigenvalue weighted by Gasteiger charge is -2.06. The molecule has 2 aromatic carbocycles. The molecule has 0 saturated heterocycles. The average Bonchev–Trinajstić information content (AvgIpc) is 2.47. The number of alkyl halides is 1. The third-order valence-electron chi connectivity index (χ3n) is 2.99. The monoisotopic (exact) mass is 414 g/mol. The Morgan fingerprint density at radius 1 is 1.10 bits per heavy atom. The summed E-state index contributed by atoms with van der Waals surface area (Å²) in [6.07, 6.45) is 2.10. The van der Waals surface area contributed by atoms with Crippen LogP contribution in [0.5, 0.6) is 0 Å². The van der Waals surface area contributed by atoms with Crippen molar-refractivity contribution in [3.63, 3.8) is 0 Å². The largest absolute Gasteiger partial charge is 0.289 e. The zero-order chi connectivity index (χ0) is 14.5. The zero-order valence-corrected chi connectivity index (χ0v) is 14.6. The number of hydrogen-bond acceptors (Lipinski definition) is 1. The molecule has 0 radical (unpaired) electrons. The molecule has 0 unspecified atom stereocenters. The number of carbonyl (C=O) groups is 1. The number of carbonyl (C=O) groups excluding carboxylic acids is 1. The van der Waals surface area contributed by atoms with Gasteiger partial charge >= 0.3 is 0 Å². The van der Waals surface area contributed by atoms with Gasteiger partial charge in [-0.15, -0.1) is 0 Å². The van der Waals surface area contributed by atoms with E-state index in [0.29, 0.717) is 16.1 Å². The van der Waals surface area contributed by atoms with Crippen LogP contribution in [0.25, 0.3) is 0 Å². The molecule has 0 amide bonds. The van der Waals surface area contributed by atoms with Gasteiger partial charge in [0, 0.05) is 20.9 Å². The molecular formula is C16H13Br2ClO. The van der Waals surface area contributed by atoms with Crippen LogP contribution >= 0.6 is 43.5 Å². The van der Waals surface area contributed by atoms with Gasteiger partial charge in [0.2, 0.25) is 0 Å². The summed E-state index contributed by atoms with van der Waals surface area (Å²) in [5, 5.41) is 1.46. The molecule has 0 N–H and O–H groups in total. The molecule has 104 valence electrons. The summed E-state index contributed by atoms with van der Waals surface area (Å²) < 4.78 is 0.846. The number of hydrogen-bond donors (Lipinski definition) is 0. The first-order chi connectivity index (χ1) is 9.61. The van der Waals surface area contributed by atoms with Crippen molar-refractivity contribution in [2.45, 2.75) is 12.8 Å². The van der Waals surface area contributed by atoms with Crippen molar-refractivity contribution in [1.29, 1.82) is 0 Å². The molecule has 0 bridgehead atoms. The summed E-state index contributed by atoms with van der Waals surface area (Å²) in [4.78, 5) is 12.4. The highest BCUT2D eigenvalue weighted by molar-refractivity contribution is 9.10. The summed E-state index contributed by atoms with van der Waals surface area (Å²) in [7, 11) is 0. The molecule has 0 fully saturated rings. The van der Waals surface area contributed by atoms with Gasteiger partial charge in [-0.25, -0.2) is 0 Å². The Hall–Kier alpha value is -0.640. The molecular weight excluding hydrogens is 403 g/mol. The Balaban J connectivity index is 2.22. The van der Waals surface area contributed by atoms with Crippen molar-refractivity contribution in [2.75, 3.05) is 5.33 Å². The quantitative estimate of drug-likeness (QED) is 0.454. The van der Waals surface area contributed by atoms with E-state index in [2.05, 4.69) is 31.9 Å². The summed E-state index contributed by atoms with van der Waals surface area (Å²) in [5.74, 6) is -0.0525. The lowest BCUT2D eigenvalue weighted by atomic mass is 10.0. The van der Waals surface area contributed by atoms with Gasteiger partial charge in [0.1, 0.15) is 0 Å². The molecule has 0 aliphatic carbocycles. The first-order valence-corrected chi connectivity index (χ1v) is 8.55. The van der Waals surface area contributed by atoms with Crippen molar-refractivity contribution in [3.05, 3.63) is 68.7 Å². The number of benzene rings is 2. The van der Waals surface area contributed by atoms with Gasteiger partial charge in [-0.2, -0.15) is 0 Å². The number of ketones is 1. The first-order valence-electron chi connectivity index (χ1n) is 6.26. The molecule has 0 aliphatic heterocycles. The second kappa shape index (κ2) is 7.39. The van der Waals surface area contributed by atoms with Crippen LogP contribution in [0, 0.1) is 0 Å². The van der Waals surface area contributed by atoms with Gasteiger partial charge in [0.25, 0.3) is 0 Å². The van der Waals surface area contributed by atoms with E-state index in [-0.39, 0.29) is 5.78 Å². The first kappa shape index (κ1) is 15.7. The molecule has 2 aromatic rings. The average molecular weight is 417 g/mol. The van der Waals surface area contributed by atoms with Crippen LogP contribution in [0.1, 0.15) is 27.9 Å². The molecule has 0 saturated carbocycles. The number of aryl methyl sites for hydroxylation is 1. The molecule has 0 heterocycles. The van der Waals surface area contributed by atoms with Crippen molar-refractivity contribution in [2.24, 2.45) is 0 Å². The second-order valence-electron chi connectivity index (χ2n) is 4.44. The second-order valence-corrected chi connectivity index (χ2v) is 6.56. The molecule has 4 heteroatoms. The highest BCUT2D eigenvalue weighted by Crippen LogP contribution is 2.24. The normalized spacial score (nSPS) is 10.6. The maximum absolute atomic E-state index is 12.4. The van der Waals surface area contributed by atoms with Crippen LogP contribution in [-0.4, -0.2) is 11.1 Å². The standard InChI is InChI=1S/C16H13Br2ClO/c17-9-1-2-11-3-5-12(6-4-11)16(20)14-10-13(18)7-8-15(14)19/h3-8,10H,1-2,9H2. The molecule has 20 heavy (non-hydrogen) atoms. The van der Waals surface area contributed by atoms with E-state index in [9.17, 15) is 4.79 Å². The number of halogens is 3. The van der Waals surface area contributed by atoms with Crippen LogP contribution in [0.2, 0.25) is 5.02 Å². The van der Waals surface area contributed by atoms with E-state index < -0.39 is 0 Å². The summed E-state index contributed by atoms with van der Waals surface area (Å²) >= 11 is 12.9. The van der Waals surface area contributed by atoms with Crippen molar-refractivity contribution in [1.82, 2.24) is 0 Å². The van der Waals surface area contributed by atoms with Gasteiger partial charge in [-0.1, -0.05) is 67.7 Å². The smallest absolute Gasteiger partial charge is 0.194 e. The fourth-order valence-electron chi connectivity index (χ4n) is 1.92. The van der Waals surface area contributed by atoms with Gasteiger partial charge in [-0.3, -0.25) is 4.79 Å². The Morgan fingerprint density at radius 2 is 1.80 bits per heavy atom. The Bertz CT molecular complexity index is 608. The highest BCUT2D eigenvalue weighted by atomic mass is 79.9. The van der Waals surface area contributed by atoms with Gasteiger partial charge in [-0.05, 0) is 36.6 Å². The summed E-state index contributed by atoms with van der Waals surface area (Å²) in [5.41, 5.74) is 2.42. The van der Waals surface area contributed by atoms with Crippen LogP contribution < -0.4 is 0 Å². The maximum atomic E-state index is 12.4. The minimum atomic E-state index is -0.0525. The Labute approximate surface area is 140 Å². The minimum Gasteiger partial charge on any atom is -0.289 e. The predicted molar refractivity (Wildman–Crippen MR) is 91.1 cm³/mol. The molecule has 0 aliphatic rings. The summed E-state index contributed by atoms with van der Waals surface area (Å²) in [6, 6.07) is 13.0. The number of rotatable bonds is 5. The van der Waals surface area contributed by atoms with Crippen LogP contribution in [0.4, 0.5) is 0 Å². The van der Waals surface area contributed by atoms with E-state index in [4.69, 9.17) is 11.6 Å². The summed E-state index contributed by atoms with van der Waals surface area (Å²) in [6.45, 7) is 0. The third-order valence-corrected chi connectivity index (χ3v) is 4.37. The van der Waals surface area contributed by atoms with E-state index in [1.54, 1.807) is 12.1 Å². The molecule has 2 rings (SSSR count). The van der Waals surface area contributed by atoms with Gasteiger partial charge in [0.05, 0.1) is 5.02 Å². The molecule has 0 aromatic heterocycles. The highest BCUT2D eigenvalue weighted by Gasteiger charge is 2.13. The predicted octanol–water partition coefficient (Wildman–Crippen LogP) is 5.66. The topological polar surface area (TPSA) is 17.1 Å². The Morgan fingerprint density at radius 3 is 2.45 bits per heavy atom. The van der Waals surface area contributed by atoms with Gasteiger partial charge in [0.15, 0.2) is 5.78 Å². The van der Waals surface area contributed by atoms with Crippen molar-refractivity contribution in [3.8, 4) is 0 Å². The van der Waals surface area contributed by atoms with Gasteiger partial charge < -0.3 is 0 Å². The molecule has 1 nitrogen and oxygen atoms in total. The van der Waals surface area contributed by atoms with Crippen LogP contribution in [0.15, 0.2) is 46.9 Å². The van der Waals surface area contributed by atoms with Crippen molar-refractivity contribution < 1.29 is 4.79 Å². The fraction of sp³-hybridized carbons (Fsp3) is 0.188. The van der Waals surface area contributed by atoms with Crippen molar-refractivity contribution >= 4 is 49.2 Å². The lowest BCUT2D eigenvalue weighted by molar-refractivity contribution is 0.103. The molecule has 0 atom stereocenters.